The molecule has 0 bridgehead atoms. The lowest BCUT2D eigenvalue weighted by Crippen LogP contribution is -2.48. The summed E-state index contributed by atoms with van der Waals surface area (Å²) in [4.78, 5) is 0. The van der Waals surface area contributed by atoms with Gasteiger partial charge in [0, 0.05) is 32.0 Å². The van der Waals surface area contributed by atoms with Gasteiger partial charge < -0.3 is 24.1 Å². The minimum absolute atomic E-state index is 0.0827. The molecule has 0 aromatic heterocycles. The van der Waals surface area contributed by atoms with Gasteiger partial charge in [-0.2, -0.15) is 0 Å². The van der Waals surface area contributed by atoms with Crippen LogP contribution < -0.4 is 5.73 Å². The Hall–Kier alpha value is 0.0169. The van der Waals surface area contributed by atoms with Crippen molar-refractivity contribution in [1.29, 1.82) is 0 Å². The monoisotopic (exact) mass is 335 g/mol. The topological polar surface area (TPSA) is 73.9 Å². The summed E-state index contributed by atoms with van der Waals surface area (Å²) in [5.41, 5.74) is 5.61. The Bertz CT molecular complexity index is 238. The second-order valence-electron chi connectivity index (χ2n) is 5.65. The number of aliphatic hydroxyl groups excluding tert-OH is 1. The second kappa shape index (κ2) is 14.6. The van der Waals surface area contributed by atoms with Gasteiger partial charge in [-0.1, -0.05) is 25.7 Å². The second-order valence-corrected chi connectivity index (χ2v) is 8.33. The maximum absolute atomic E-state index is 8.77. The van der Waals surface area contributed by atoms with E-state index < -0.39 is 8.80 Å². The Morgan fingerprint density at radius 2 is 1.50 bits per heavy atom. The van der Waals surface area contributed by atoms with Crippen LogP contribution in [0.5, 0.6) is 0 Å². The van der Waals surface area contributed by atoms with Gasteiger partial charge in [-0.25, -0.2) is 0 Å². The third-order valence-electron chi connectivity index (χ3n) is 3.57. The maximum atomic E-state index is 8.77. The average Bonchev–Trinajstić information content (AvgIpc) is 2.47. The van der Waals surface area contributed by atoms with Crippen molar-refractivity contribution in [3.63, 3.8) is 0 Å². The number of rotatable bonds is 16. The van der Waals surface area contributed by atoms with E-state index in [1.807, 2.05) is 20.8 Å². The van der Waals surface area contributed by atoms with Crippen molar-refractivity contribution in [3.05, 3.63) is 0 Å². The third kappa shape index (κ3) is 10.7. The molecule has 0 aliphatic heterocycles. The van der Waals surface area contributed by atoms with Crippen LogP contribution in [-0.4, -0.2) is 46.4 Å². The number of hydrogen-bond donors (Lipinski definition) is 2. The van der Waals surface area contributed by atoms with Gasteiger partial charge in [-0.3, -0.25) is 0 Å². The zero-order valence-corrected chi connectivity index (χ0v) is 15.8. The molecule has 1 unspecified atom stereocenters. The van der Waals surface area contributed by atoms with Crippen LogP contribution in [0.25, 0.3) is 0 Å². The van der Waals surface area contributed by atoms with E-state index in [2.05, 4.69) is 0 Å². The molecule has 0 amide bonds. The van der Waals surface area contributed by atoms with Gasteiger partial charge in [0.1, 0.15) is 0 Å². The van der Waals surface area contributed by atoms with Crippen LogP contribution in [0.3, 0.4) is 0 Å². The molecule has 0 heterocycles. The lowest BCUT2D eigenvalue weighted by atomic mass is 10.1. The molecule has 0 saturated carbocycles. The van der Waals surface area contributed by atoms with Crippen LogP contribution in [0.1, 0.15) is 65.7 Å². The van der Waals surface area contributed by atoms with E-state index >= 15 is 0 Å². The minimum Gasteiger partial charge on any atom is -0.396 e. The van der Waals surface area contributed by atoms with Gasteiger partial charge in [0.2, 0.25) is 0 Å². The lowest BCUT2D eigenvalue weighted by Gasteiger charge is -2.31. The van der Waals surface area contributed by atoms with Crippen LogP contribution in [0.2, 0.25) is 6.04 Å². The minimum atomic E-state index is -2.57. The molecule has 134 valence electrons. The number of unbranched alkanes of at least 4 members (excludes halogenated alkanes) is 5. The van der Waals surface area contributed by atoms with Crippen LogP contribution in [0, 0.1) is 0 Å². The fourth-order valence-corrected chi connectivity index (χ4v) is 5.43. The standard InChI is InChI=1S/C16H37NO4Si/c1-4-19-22(20-5-2,21-16(3)12-13-17)15-11-9-7-6-8-10-14-18/h16,18H,4-15,17H2,1-3H3. The summed E-state index contributed by atoms with van der Waals surface area (Å²) in [7, 11) is -2.57. The quantitative estimate of drug-likeness (QED) is 0.335. The van der Waals surface area contributed by atoms with Gasteiger partial charge in [-0.15, -0.1) is 0 Å². The highest BCUT2D eigenvalue weighted by atomic mass is 28.4. The molecule has 0 saturated heterocycles. The van der Waals surface area contributed by atoms with E-state index in [4.69, 9.17) is 24.1 Å². The van der Waals surface area contributed by atoms with Gasteiger partial charge in [-0.05, 0) is 46.6 Å². The molecule has 6 heteroatoms. The summed E-state index contributed by atoms with van der Waals surface area (Å²) in [5, 5.41) is 8.77. The molecule has 0 aliphatic rings. The highest BCUT2D eigenvalue weighted by Crippen LogP contribution is 2.23. The van der Waals surface area contributed by atoms with Gasteiger partial charge >= 0.3 is 8.80 Å². The molecule has 0 spiro atoms. The first-order valence-corrected chi connectivity index (χ1v) is 10.8. The first-order valence-electron chi connectivity index (χ1n) is 8.90. The Balaban J connectivity index is 4.26. The molecule has 0 aliphatic carbocycles. The van der Waals surface area contributed by atoms with Crippen LogP contribution in [-0.2, 0) is 13.3 Å². The van der Waals surface area contributed by atoms with Crippen molar-refractivity contribution in [2.24, 2.45) is 5.73 Å². The summed E-state index contributed by atoms with van der Waals surface area (Å²) < 4.78 is 18.1. The van der Waals surface area contributed by atoms with Crippen molar-refractivity contribution >= 4 is 8.80 Å². The van der Waals surface area contributed by atoms with Crippen LogP contribution in [0.4, 0.5) is 0 Å². The molecule has 0 aromatic carbocycles. The Morgan fingerprint density at radius 1 is 0.955 bits per heavy atom. The molecule has 0 rings (SSSR count). The van der Waals surface area contributed by atoms with Gasteiger partial charge in [0.15, 0.2) is 0 Å². The molecule has 22 heavy (non-hydrogen) atoms. The summed E-state index contributed by atoms with van der Waals surface area (Å²) >= 11 is 0. The fourth-order valence-electron chi connectivity index (χ4n) is 2.51. The summed E-state index contributed by atoms with van der Waals surface area (Å²) in [6.45, 7) is 8.20. The predicted molar refractivity (Wildman–Crippen MR) is 92.8 cm³/mol. The maximum Gasteiger partial charge on any atom is 0.501 e. The van der Waals surface area contributed by atoms with E-state index in [9.17, 15) is 0 Å². The number of aliphatic hydroxyl groups is 1. The third-order valence-corrected chi connectivity index (χ3v) is 6.76. The Morgan fingerprint density at radius 3 is 2.00 bits per heavy atom. The molecular weight excluding hydrogens is 298 g/mol. The first-order chi connectivity index (χ1) is 10.6. The smallest absolute Gasteiger partial charge is 0.396 e. The van der Waals surface area contributed by atoms with Gasteiger partial charge in [0.05, 0.1) is 0 Å². The van der Waals surface area contributed by atoms with Crippen molar-refractivity contribution < 1.29 is 18.4 Å². The Labute approximate surface area is 137 Å². The zero-order chi connectivity index (χ0) is 16.7. The van der Waals surface area contributed by atoms with E-state index in [0.717, 1.165) is 38.1 Å². The summed E-state index contributed by atoms with van der Waals surface area (Å²) in [6.07, 6.45) is 7.55. The van der Waals surface area contributed by atoms with Crippen molar-refractivity contribution in [3.8, 4) is 0 Å². The summed E-state index contributed by atoms with van der Waals surface area (Å²) in [5.74, 6) is 0. The SMILES string of the molecule is CCO[Si](CCCCCCCCO)(OCC)OC(C)CCN. The molecule has 1 atom stereocenters. The van der Waals surface area contributed by atoms with Crippen molar-refractivity contribution in [2.75, 3.05) is 26.4 Å². The van der Waals surface area contributed by atoms with E-state index in [1.54, 1.807) is 0 Å². The molecule has 5 nitrogen and oxygen atoms in total. The molecule has 3 N–H and O–H groups in total. The summed E-state index contributed by atoms with van der Waals surface area (Å²) in [6, 6.07) is 0.879. The normalized spacial score (nSPS) is 13.5. The molecule has 0 aromatic rings. The van der Waals surface area contributed by atoms with Crippen molar-refractivity contribution in [1.82, 2.24) is 0 Å². The van der Waals surface area contributed by atoms with Crippen LogP contribution in [0.15, 0.2) is 0 Å². The Kier molecular flexibility index (Phi) is 14.6. The number of hydrogen-bond acceptors (Lipinski definition) is 5. The predicted octanol–water partition coefficient (Wildman–Crippen LogP) is 3.09. The highest BCUT2D eigenvalue weighted by molar-refractivity contribution is 6.60. The number of nitrogens with two attached hydrogens (primary N) is 1. The fraction of sp³-hybridized carbons (Fsp3) is 1.00. The van der Waals surface area contributed by atoms with E-state index in [-0.39, 0.29) is 6.10 Å². The van der Waals surface area contributed by atoms with Crippen molar-refractivity contribution in [2.45, 2.75) is 77.9 Å². The molecule has 0 radical (unpaired) electrons. The van der Waals surface area contributed by atoms with Crippen LogP contribution >= 0.6 is 0 Å². The lowest BCUT2D eigenvalue weighted by molar-refractivity contribution is 0.0359. The molecule has 0 fully saturated rings. The highest BCUT2D eigenvalue weighted by Gasteiger charge is 2.41. The first kappa shape index (κ1) is 22.0. The molecular formula is C16H37NO4Si. The largest absolute Gasteiger partial charge is 0.501 e. The zero-order valence-electron chi connectivity index (χ0n) is 14.8. The van der Waals surface area contributed by atoms with Gasteiger partial charge in [0.25, 0.3) is 0 Å². The van der Waals surface area contributed by atoms with E-state index in [0.29, 0.717) is 26.4 Å². The average molecular weight is 336 g/mol. The van der Waals surface area contributed by atoms with E-state index in [1.165, 1.54) is 12.8 Å².